The molecule has 120 valence electrons. The fourth-order valence-electron chi connectivity index (χ4n) is 2.25. The van der Waals surface area contributed by atoms with Crippen LogP contribution in [0.2, 0.25) is 5.02 Å². The summed E-state index contributed by atoms with van der Waals surface area (Å²) in [7, 11) is 3.89. The van der Waals surface area contributed by atoms with E-state index >= 15 is 0 Å². The monoisotopic (exact) mass is 349 g/mol. The van der Waals surface area contributed by atoms with Gasteiger partial charge in [-0.15, -0.1) is 5.10 Å². The molecule has 0 amide bonds. The third-order valence-electron chi connectivity index (χ3n) is 3.28. The first kappa shape index (κ1) is 15.9. The van der Waals surface area contributed by atoms with E-state index in [1.807, 2.05) is 38.6 Å². The molecule has 0 unspecified atom stereocenters. The molecule has 0 atom stereocenters. The Labute approximate surface area is 143 Å². The van der Waals surface area contributed by atoms with Gasteiger partial charge in [-0.05, 0) is 43.5 Å². The molecule has 0 spiro atoms. The fraction of sp³-hybridized carbons (Fsp3) is 0.267. The van der Waals surface area contributed by atoms with Crippen LogP contribution in [0, 0.1) is 4.84 Å². The lowest BCUT2D eigenvalue weighted by atomic mass is 10.2. The highest BCUT2D eigenvalue weighted by Crippen LogP contribution is 2.20. The molecule has 6 nitrogen and oxygen atoms in total. The van der Waals surface area contributed by atoms with Crippen LogP contribution in [-0.4, -0.2) is 31.5 Å². The van der Waals surface area contributed by atoms with Crippen molar-refractivity contribution in [3.05, 3.63) is 52.1 Å². The molecular formula is C15H16ClN5OS. The normalized spacial score (nSPS) is 11.3. The van der Waals surface area contributed by atoms with E-state index in [9.17, 15) is 0 Å². The summed E-state index contributed by atoms with van der Waals surface area (Å²) in [5, 5.41) is 9.27. The topological polar surface area (TPSA) is 52.0 Å². The summed E-state index contributed by atoms with van der Waals surface area (Å²) in [6.07, 6.45) is 3.83. The van der Waals surface area contributed by atoms with Crippen LogP contribution in [-0.2, 0) is 20.3 Å². The predicted molar refractivity (Wildman–Crippen MR) is 90.4 cm³/mol. The molecule has 8 heteroatoms. The highest BCUT2D eigenvalue weighted by Gasteiger charge is 2.10. The molecule has 3 aromatic rings. The smallest absolute Gasteiger partial charge is 0.288 e. The summed E-state index contributed by atoms with van der Waals surface area (Å²) in [6.45, 7) is 1.28. The number of halogens is 1. The molecule has 3 rings (SSSR count). The Morgan fingerprint density at radius 1 is 1.30 bits per heavy atom. The minimum Gasteiger partial charge on any atom is -0.409 e. The third-order valence-corrected chi connectivity index (χ3v) is 3.83. The summed E-state index contributed by atoms with van der Waals surface area (Å²) >= 11 is 11.1. The first-order valence-corrected chi connectivity index (χ1v) is 7.80. The average molecular weight is 350 g/mol. The average Bonchev–Trinajstić information content (AvgIpc) is 3.06. The lowest BCUT2D eigenvalue weighted by Gasteiger charge is -2.14. The zero-order valence-electron chi connectivity index (χ0n) is 12.8. The van der Waals surface area contributed by atoms with Crippen LogP contribution >= 0.6 is 23.8 Å². The highest BCUT2D eigenvalue weighted by atomic mass is 35.5. The third kappa shape index (κ3) is 3.87. The van der Waals surface area contributed by atoms with Crippen molar-refractivity contribution in [3.8, 4) is 11.5 Å². The van der Waals surface area contributed by atoms with Crippen molar-refractivity contribution in [2.24, 2.45) is 7.05 Å². The van der Waals surface area contributed by atoms with E-state index in [0.717, 1.165) is 17.7 Å². The largest absolute Gasteiger partial charge is 0.409 e. The number of hydrogen-bond acceptors (Lipinski definition) is 5. The lowest BCUT2D eigenvalue weighted by molar-refractivity contribution is 0.240. The van der Waals surface area contributed by atoms with Crippen molar-refractivity contribution >= 4 is 23.8 Å². The van der Waals surface area contributed by atoms with Crippen LogP contribution in [0.4, 0.5) is 0 Å². The van der Waals surface area contributed by atoms with Gasteiger partial charge < -0.3 is 4.42 Å². The van der Waals surface area contributed by atoms with Crippen LogP contribution in [0.3, 0.4) is 0 Å². The molecule has 0 saturated carbocycles. The number of nitrogens with zero attached hydrogens (tertiary/aromatic N) is 5. The Morgan fingerprint density at radius 2 is 2.04 bits per heavy atom. The Morgan fingerprint density at radius 3 is 2.70 bits per heavy atom. The van der Waals surface area contributed by atoms with E-state index in [-0.39, 0.29) is 0 Å². The van der Waals surface area contributed by atoms with Gasteiger partial charge in [0.25, 0.3) is 4.84 Å². The molecule has 2 heterocycles. The minimum atomic E-state index is 0.341. The van der Waals surface area contributed by atoms with Gasteiger partial charge in [0, 0.05) is 35.9 Å². The molecule has 0 fully saturated rings. The Bertz CT molecular complexity index is 851. The van der Waals surface area contributed by atoms with Crippen LogP contribution in [0.15, 0.2) is 41.1 Å². The number of benzene rings is 1. The van der Waals surface area contributed by atoms with E-state index in [1.54, 1.807) is 21.5 Å². The summed E-state index contributed by atoms with van der Waals surface area (Å²) in [5.74, 6) is 0.487. The van der Waals surface area contributed by atoms with Crippen molar-refractivity contribution in [1.29, 1.82) is 0 Å². The van der Waals surface area contributed by atoms with Gasteiger partial charge in [0.1, 0.15) is 0 Å². The number of hydrogen-bond donors (Lipinski definition) is 0. The summed E-state index contributed by atoms with van der Waals surface area (Å²) in [4.78, 5) is 2.43. The maximum absolute atomic E-state index is 5.89. The van der Waals surface area contributed by atoms with Gasteiger partial charge in [-0.1, -0.05) is 11.6 Å². The molecule has 0 aliphatic rings. The molecule has 0 aliphatic carbocycles. The maximum Gasteiger partial charge on any atom is 0.288 e. The Kier molecular flexibility index (Phi) is 4.61. The second kappa shape index (κ2) is 6.66. The molecule has 0 saturated heterocycles. The van der Waals surface area contributed by atoms with Gasteiger partial charge in [-0.3, -0.25) is 9.58 Å². The molecule has 1 aromatic carbocycles. The summed E-state index contributed by atoms with van der Waals surface area (Å²) in [5.41, 5.74) is 1.97. The Hall–Kier alpha value is -1.96. The molecular weight excluding hydrogens is 334 g/mol. The second-order valence-corrected chi connectivity index (χ2v) is 6.14. The predicted octanol–water partition coefficient (Wildman–Crippen LogP) is 3.35. The van der Waals surface area contributed by atoms with Crippen LogP contribution in [0.5, 0.6) is 0 Å². The van der Waals surface area contributed by atoms with Gasteiger partial charge in [0.15, 0.2) is 0 Å². The van der Waals surface area contributed by atoms with Crippen molar-refractivity contribution in [2.45, 2.75) is 13.2 Å². The molecule has 0 aliphatic heterocycles. The molecule has 23 heavy (non-hydrogen) atoms. The first-order valence-electron chi connectivity index (χ1n) is 7.01. The van der Waals surface area contributed by atoms with Crippen molar-refractivity contribution in [1.82, 2.24) is 24.5 Å². The highest BCUT2D eigenvalue weighted by molar-refractivity contribution is 7.71. The Balaban J connectivity index is 1.73. The second-order valence-electron chi connectivity index (χ2n) is 5.36. The fourth-order valence-corrected chi connectivity index (χ4v) is 2.55. The quantitative estimate of drug-likeness (QED) is 0.661. The van der Waals surface area contributed by atoms with E-state index in [2.05, 4.69) is 15.1 Å². The van der Waals surface area contributed by atoms with Gasteiger partial charge in [-0.25, -0.2) is 4.68 Å². The zero-order chi connectivity index (χ0) is 16.4. The summed E-state index contributed by atoms with van der Waals surface area (Å²) in [6, 6.07) is 7.30. The number of aryl methyl sites for hydroxylation is 1. The molecule has 0 radical (unpaired) electrons. The van der Waals surface area contributed by atoms with Crippen LogP contribution in [0.1, 0.15) is 5.56 Å². The zero-order valence-corrected chi connectivity index (χ0v) is 14.4. The first-order chi connectivity index (χ1) is 11.0. The minimum absolute atomic E-state index is 0.341. The molecule has 0 N–H and O–H groups in total. The van der Waals surface area contributed by atoms with Crippen molar-refractivity contribution in [2.75, 3.05) is 7.05 Å². The van der Waals surface area contributed by atoms with Gasteiger partial charge in [0.2, 0.25) is 5.89 Å². The SMILES string of the molecule is CN(Cc1cnn(C)c1)Cn1nc(-c2ccc(Cl)cc2)oc1=S. The van der Waals surface area contributed by atoms with Crippen LogP contribution in [0.25, 0.3) is 11.5 Å². The van der Waals surface area contributed by atoms with Crippen molar-refractivity contribution in [3.63, 3.8) is 0 Å². The van der Waals surface area contributed by atoms with Gasteiger partial charge in [0.05, 0.1) is 12.9 Å². The van der Waals surface area contributed by atoms with E-state index in [0.29, 0.717) is 22.4 Å². The van der Waals surface area contributed by atoms with E-state index in [4.69, 9.17) is 28.2 Å². The lowest BCUT2D eigenvalue weighted by Crippen LogP contribution is -2.22. The standard InChI is InChI=1S/C15H16ClN5OS/c1-19(8-11-7-17-20(2)9-11)10-21-15(23)22-14(18-21)12-3-5-13(16)6-4-12/h3-7,9H,8,10H2,1-2H3. The van der Waals surface area contributed by atoms with Gasteiger partial charge >= 0.3 is 0 Å². The molecule has 2 aromatic heterocycles. The van der Waals surface area contributed by atoms with E-state index in [1.165, 1.54) is 0 Å². The maximum atomic E-state index is 5.89. The molecule has 0 bridgehead atoms. The van der Waals surface area contributed by atoms with Crippen LogP contribution < -0.4 is 0 Å². The van der Waals surface area contributed by atoms with Gasteiger partial charge in [-0.2, -0.15) is 5.10 Å². The van der Waals surface area contributed by atoms with E-state index < -0.39 is 0 Å². The number of aromatic nitrogens is 4. The summed E-state index contributed by atoms with van der Waals surface area (Å²) < 4.78 is 9.02. The number of rotatable bonds is 5. The van der Waals surface area contributed by atoms with Crippen molar-refractivity contribution < 1.29 is 4.42 Å².